The summed E-state index contributed by atoms with van der Waals surface area (Å²) in [6, 6.07) is 9.83. The van der Waals surface area contributed by atoms with Crippen molar-refractivity contribution in [3.05, 3.63) is 63.5 Å². The average Bonchev–Trinajstić information content (AvgIpc) is 3.44. The number of thiazole rings is 1. The van der Waals surface area contributed by atoms with Gasteiger partial charge in [-0.2, -0.15) is 0 Å². The fourth-order valence-electron chi connectivity index (χ4n) is 3.24. The molecule has 29 heavy (non-hydrogen) atoms. The SMILES string of the molecule is O=C(OCc1csc(-c2ccc(F)cc2)n1)C1CCN(C(=O)c2cccs2)CC1. The number of rotatable bonds is 5. The molecule has 5 nitrogen and oxygen atoms in total. The molecule has 8 heteroatoms. The number of carbonyl (C=O) groups excluding carboxylic acids is 2. The van der Waals surface area contributed by atoms with E-state index in [1.807, 2.05) is 22.9 Å². The first-order valence-corrected chi connectivity index (χ1v) is 11.1. The molecule has 1 fully saturated rings. The van der Waals surface area contributed by atoms with E-state index in [2.05, 4.69) is 4.98 Å². The molecule has 1 aromatic carbocycles. The van der Waals surface area contributed by atoms with Crippen molar-refractivity contribution in [1.29, 1.82) is 0 Å². The summed E-state index contributed by atoms with van der Waals surface area (Å²) < 4.78 is 18.5. The Bertz CT molecular complexity index is 978. The number of esters is 1. The van der Waals surface area contributed by atoms with Crippen molar-refractivity contribution in [2.24, 2.45) is 5.92 Å². The molecule has 1 amide bonds. The number of hydrogen-bond donors (Lipinski definition) is 0. The van der Waals surface area contributed by atoms with Crippen molar-refractivity contribution < 1.29 is 18.7 Å². The number of benzene rings is 1. The lowest BCUT2D eigenvalue weighted by atomic mass is 9.97. The van der Waals surface area contributed by atoms with Crippen molar-refractivity contribution in [2.45, 2.75) is 19.4 Å². The molecule has 1 aliphatic rings. The van der Waals surface area contributed by atoms with Crippen LogP contribution < -0.4 is 0 Å². The number of hydrogen-bond acceptors (Lipinski definition) is 6. The number of aromatic nitrogens is 1. The van der Waals surface area contributed by atoms with Crippen LogP contribution >= 0.6 is 22.7 Å². The second-order valence-electron chi connectivity index (χ2n) is 6.80. The van der Waals surface area contributed by atoms with Crippen LogP contribution in [-0.4, -0.2) is 34.8 Å². The van der Waals surface area contributed by atoms with Crippen LogP contribution in [0, 0.1) is 11.7 Å². The van der Waals surface area contributed by atoms with Crippen LogP contribution in [-0.2, 0) is 16.1 Å². The van der Waals surface area contributed by atoms with Gasteiger partial charge in [0.25, 0.3) is 5.91 Å². The third-order valence-electron chi connectivity index (χ3n) is 4.85. The van der Waals surface area contributed by atoms with Crippen molar-refractivity contribution >= 4 is 34.6 Å². The summed E-state index contributed by atoms with van der Waals surface area (Å²) >= 11 is 2.86. The zero-order valence-electron chi connectivity index (χ0n) is 15.5. The normalized spacial score (nSPS) is 14.7. The first-order valence-electron chi connectivity index (χ1n) is 9.30. The van der Waals surface area contributed by atoms with Gasteiger partial charge < -0.3 is 9.64 Å². The second kappa shape index (κ2) is 8.84. The Morgan fingerprint density at radius 1 is 1.14 bits per heavy atom. The molecule has 0 bridgehead atoms. The maximum atomic E-state index is 13.0. The van der Waals surface area contributed by atoms with Gasteiger partial charge in [0.15, 0.2) is 0 Å². The summed E-state index contributed by atoms with van der Waals surface area (Å²) in [7, 11) is 0. The summed E-state index contributed by atoms with van der Waals surface area (Å²) in [4.78, 5) is 31.8. The molecule has 0 spiro atoms. The van der Waals surface area contributed by atoms with E-state index in [9.17, 15) is 14.0 Å². The van der Waals surface area contributed by atoms with Gasteiger partial charge in [-0.15, -0.1) is 22.7 Å². The number of thiophene rings is 1. The molecule has 3 aromatic rings. The molecule has 0 radical (unpaired) electrons. The third-order valence-corrected chi connectivity index (χ3v) is 6.65. The van der Waals surface area contributed by atoms with Crippen molar-refractivity contribution in [2.75, 3.05) is 13.1 Å². The fourth-order valence-corrected chi connectivity index (χ4v) is 4.74. The lowest BCUT2D eigenvalue weighted by molar-refractivity contribution is -0.151. The summed E-state index contributed by atoms with van der Waals surface area (Å²) in [5.74, 6) is -0.702. The number of likely N-dealkylation sites (tertiary alicyclic amines) is 1. The molecule has 0 saturated carbocycles. The zero-order chi connectivity index (χ0) is 20.2. The molecular weight excluding hydrogens is 411 g/mol. The van der Waals surface area contributed by atoms with Crippen LogP contribution in [0.15, 0.2) is 47.2 Å². The van der Waals surface area contributed by atoms with Crippen molar-refractivity contribution in [3.8, 4) is 10.6 Å². The second-order valence-corrected chi connectivity index (χ2v) is 8.61. The summed E-state index contributed by atoms with van der Waals surface area (Å²) in [5, 5.41) is 4.49. The highest BCUT2D eigenvalue weighted by atomic mass is 32.1. The van der Waals surface area contributed by atoms with E-state index in [1.54, 1.807) is 17.0 Å². The lowest BCUT2D eigenvalue weighted by Gasteiger charge is -2.30. The van der Waals surface area contributed by atoms with E-state index in [0.717, 1.165) is 15.4 Å². The van der Waals surface area contributed by atoms with Gasteiger partial charge in [-0.05, 0) is 48.6 Å². The van der Waals surface area contributed by atoms with Gasteiger partial charge >= 0.3 is 5.97 Å². The smallest absolute Gasteiger partial charge is 0.309 e. The number of halogens is 1. The molecule has 1 aliphatic heterocycles. The van der Waals surface area contributed by atoms with Crippen LogP contribution in [0.4, 0.5) is 4.39 Å². The third kappa shape index (κ3) is 4.71. The van der Waals surface area contributed by atoms with Gasteiger partial charge in [-0.25, -0.2) is 9.37 Å². The van der Waals surface area contributed by atoms with Crippen molar-refractivity contribution in [3.63, 3.8) is 0 Å². The standard InChI is InChI=1S/C21H19FN2O3S2/c22-16-5-3-14(4-6-16)19-23-17(13-29-19)12-27-21(26)15-7-9-24(10-8-15)20(25)18-2-1-11-28-18/h1-6,11,13,15H,7-10,12H2. The van der Waals surface area contributed by atoms with Crippen molar-refractivity contribution in [1.82, 2.24) is 9.88 Å². The highest BCUT2D eigenvalue weighted by Crippen LogP contribution is 2.25. The van der Waals surface area contributed by atoms with Crippen LogP contribution in [0.1, 0.15) is 28.2 Å². The quantitative estimate of drug-likeness (QED) is 0.555. The number of nitrogens with zero attached hydrogens (tertiary/aromatic N) is 2. The van der Waals surface area contributed by atoms with E-state index in [4.69, 9.17) is 4.74 Å². The minimum Gasteiger partial charge on any atom is -0.459 e. The number of carbonyl (C=O) groups is 2. The number of amides is 1. The maximum absolute atomic E-state index is 13.0. The largest absolute Gasteiger partial charge is 0.459 e. The first-order chi connectivity index (χ1) is 14.1. The van der Waals surface area contributed by atoms with Gasteiger partial charge in [0.05, 0.1) is 16.5 Å². The van der Waals surface area contributed by atoms with E-state index in [0.29, 0.717) is 31.6 Å². The van der Waals surface area contributed by atoms with Gasteiger partial charge in [0.2, 0.25) is 0 Å². The molecule has 3 heterocycles. The average molecular weight is 431 g/mol. The molecular formula is C21H19FN2O3S2. The van der Waals surface area contributed by atoms with Gasteiger partial charge in [0, 0.05) is 24.0 Å². The molecule has 1 saturated heterocycles. The number of piperidine rings is 1. The Morgan fingerprint density at radius 2 is 1.90 bits per heavy atom. The fraction of sp³-hybridized carbons (Fsp3) is 0.286. The van der Waals surface area contributed by atoms with Gasteiger partial charge in [0.1, 0.15) is 17.4 Å². The number of ether oxygens (including phenoxy) is 1. The molecule has 0 unspecified atom stereocenters. The molecule has 0 N–H and O–H groups in total. The van der Waals surface area contributed by atoms with E-state index < -0.39 is 0 Å². The predicted octanol–water partition coefficient (Wildman–Crippen LogP) is 4.61. The Kier molecular flexibility index (Phi) is 6.01. The molecule has 0 aliphatic carbocycles. The zero-order valence-corrected chi connectivity index (χ0v) is 17.2. The molecule has 2 aromatic heterocycles. The topological polar surface area (TPSA) is 59.5 Å². The van der Waals surface area contributed by atoms with E-state index in [-0.39, 0.29) is 30.2 Å². The van der Waals surface area contributed by atoms with Gasteiger partial charge in [-0.3, -0.25) is 9.59 Å². The summed E-state index contributed by atoms with van der Waals surface area (Å²) in [6.45, 7) is 1.23. The lowest BCUT2D eigenvalue weighted by Crippen LogP contribution is -2.40. The highest BCUT2D eigenvalue weighted by molar-refractivity contribution is 7.13. The Morgan fingerprint density at radius 3 is 2.59 bits per heavy atom. The maximum Gasteiger partial charge on any atom is 0.309 e. The van der Waals surface area contributed by atoms with E-state index >= 15 is 0 Å². The van der Waals surface area contributed by atoms with E-state index in [1.165, 1.54) is 34.8 Å². The Labute approximate surface area is 175 Å². The van der Waals surface area contributed by atoms with Gasteiger partial charge in [-0.1, -0.05) is 6.07 Å². The predicted molar refractivity (Wildman–Crippen MR) is 110 cm³/mol. The molecule has 4 rings (SSSR count). The Balaban J connectivity index is 1.26. The summed E-state index contributed by atoms with van der Waals surface area (Å²) in [5.41, 5.74) is 1.50. The van der Waals surface area contributed by atoms with Crippen LogP contribution in [0.25, 0.3) is 10.6 Å². The minimum atomic E-state index is -0.289. The molecule has 150 valence electrons. The van der Waals surface area contributed by atoms with Crippen LogP contribution in [0.5, 0.6) is 0 Å². The van der Waals surface area contributed by atoms with Crippen LogP contribution in [0.2, 0.25) is 0 Å². The monoisotopic (exact) mass is 430 g/mol. The minimum absolute atomic E-state index is 0.0302. The summed E-state index contributed by atoms with van der Waals surface area (Å²) in [6.07, 6.45) is 1.21. The first kappa shape index (κ1) is 19.7. The Hall–Kier alpha value is -2.58. The van der Waals surface area contributed by atoms with Crippen LogP contribution in [0.3, 0.4) is 0 Å². The highest BCUT2D eigenvalue weighted by Gasteiger charge is 2.29. The molecule has 0 atom stereocenters.